The molecule has 5 aromatic rings. The van der Waals surface area contributed by atoms with Gasteiger partial charge < -0.3 is 30.9 Å². The monoisotopic (exact) mass is 704 g/mol. The van der Waals surface area contributed by atoms with Crippen LogP contribution < -0.4 is 16.0 Å². The minimum atomic E-state index is -1.48. The quantitative estimate of drug-likeness (QED) is 0.130. The minimum Gasteiger partial charge on any atom is -0.387 e. The normalized spacial score (nSPS) is 21.0. The molecule has 7 rings (SSSR count). The number of anilines is 1. The standard InChI is InChI=1S/C39H44N8O5/c1-2-40-37(50)33-31(48)32(49)39(52-33)47-24-42-30-34(41-22-29(26-14-8-4-9-15-26)27-16-10-5-11-17-27)44-35(45-36(30)47)38(51)43-28-18-20-46(21-19-28)23-25-12-6-3-7-13-25/h3-17,24,28-29,31-33,39,48-49H,2,18-23H2,1H3,(H,40,50)(H,43,51)(H,41,44,45)/t31-,32+,33-,39+/m0/s1. The number of carbonyl (C=O) groups excluding carboxylic acids is 2. The number of aromatic nitrogens is 4. The summed E-state index contributed by atoms with van der Waals surface area (Å²) in [5.74, 6) is -0.777. The van der Waals surface area contributed by atoms with Crippen molar-refractivity contribution in [1.29, 1.82) is 0 Å². The molecular weight excluding hydrogens is 660 g/mol. The number of likely N-dealkylation sites (tertiary alicyclic amines) is 1. The van der Waals surface area contributed by atoms with Crippen molar-refractivity contribution in [2.45, 2.75) is 62.8 Å². The Morgan fingerprint density at radius 1 is 0.885 bits per heavy atom. The molecule has 13 nitrogen and oxygen atoms in total. The summed E-state index contributed by atoms with van der Waals surface area (Å²) in [4.78, 5) is 42.8. The number of aliphatic hydroxyl groups is 2. The zero-order valence-corrected chi connectivity index (χ0v) is 29.0. The molecule has 52 heavy (non-hydrogen) atoms. The molecule has 0 radical (unpaired) electrons. The van der Waals surface area contributed by atoms with Gasteiger partial charge in [0.25, 0.3) is 11.8 Å². The van der Waals surface area contributed by atoms with E-state index in [0.29, 0.717) is 24.4 Å². The third-order valence-electron chi connectivity index (χ3n) is 9.80. The number of ether oxygens (including phenoxy) is 1. The van der Waals surface area contributed by atoms with Crippen molar-refractivity contribution in [1.82, 2.24) is 35.1 Å². The molecule has 270 valence electrons. The fourth-order valence-corrected chi connectivity index (χ4v) is 7.03. The first kappa shape index (κ1) is 35.2. The van der Waals surface area contributed by atoms with Gasteiger partial charge in [0.1, 0.15) is 12.2 Å². The van der Waals surface area contributed by atoms with Gasteiger partial charge >= 0.3 is 0 Å². The molecule has 4 heterocycles. The molecule has 0 spiro atoms. The summed E-state index contributed by atoms with van der Waals surface area (Å²) in [5.41, 5.74) is 4.01. The molecule has 5 N–H and O–H groups in total. The maximum absolute atomic E-state index is 13.9. The predicted octanol–water partition coefficient (Wildman–Crippen LogP) is 3.22. The molecule has 2 amide bonds. The van der Waals surface area contributed by atoms with Gasteiger partial charge in [0.15, 0.2) is 29.3 Å². The maximum atomic E-state index is 13.9. The number of fused-ring (bicyclic) bond motifs is 1. The van der Waals surface area contributed by atoms with Gasteiger partial charge in [-0.05, 0) is 36.5 Å². The van der Waals surface area contributed by atoms with Crippen LogP contribution in [0.4, 0.5) is 5.82 Å². The molecule has 2 fully saturated rings. The maximum Gasteiger partial charge on any atom is 0.289 e. The first-order valence-corrected chi connectivity index (χ1v) is 17.8. The van der Waals surface area contributed by atoms with Crippen molar-refractivity contribution in [3.63, 3.8) is 0 Å². The number of rotatable bonds is 12. The summed E-state index contributed by atoms with van der Waals surface area (Å²) in [6.45, 7) is 5.05. The summed E-state index contributed by atoms with van der Waals surface area (Å²) in [6.07, 6.45) is -2.47. The molecule has 3 aromatic carbocycles. The Morgan fingerprint density at radius 2 is 1.52 bits per heavy atom. The van der Waals surface area contributed by atoms with Crippen LogP contribution in [0.5, 0.6) is 0 Å². The van der Waals surface area contributed by atoms with E-state index in [-0.39, 0.29) is 23.4 Å². The Kier molecular flexibility index (Phi) is 10.8. The minimum absolute atomic E-state index is 0.0548. The van der Waals surface area contributed by atoms with Gasteiger partial charge in [0.05, 0.1) is 6.33 Å². The average molecular weight is 705 g/mol. The second-order valence-corrected chi connectivity index (χ2v) is 13.3. The highest BCUT2D eigenvalue weighted by atomic mass is 16.6. The van der Waals surface area contributed by atoms with E-state index in [0.717, 1.165) is 43.6 Å². The van der Waals surface area contributed by atoms with Crippen molar-refractivity contribution in [2.24, 2.45) is 0 Å². The van der Waals surface area contributed by atoms with Crippen LogP contribution >= 0.6 is 0 Å². The van der Waals surface area contributed by atoms with Gasteiger partial charge in [-0.3, -0.25) is 19.1 Å². The van der Waals surface area contributed by atoms with E-state index in [1.54, 1.807) is 6.92 Å². The van der Waals surface area contributed by atoms with Gasteiger partial charge in [-0.2, -0.15) is 0 Å². The molecule has 13 heteroatoms. The van der Waals surface area contributed by atoms with E-state index in [9.17, 15) is 19.8 Å². The molecule has 0 unspecified atom stereocenters. The lowest BCUT2D eigenvalue weighted by Crippen LogP contribution is -2.44. The lowest BCUT2D eigenvalue weighted by molar-refractivity contribution is -0.137. The highest BCUT2D eigenvalue weighted by molar-refractivity contribution is 5.94. The number of aliphatic hydroxyl groups excluding tert-OH is 2. The third-order valence-corrected chi connectivity index (χ3v) is 9.80. The van der Waals surface area contributed by atoms with Gasteiger partial charge in [0, 0.05) is 44.7 Å². The molecule has 2 aliphatic heterocycles. The average Bonchev–Trinajstić information content (AvgIpc) is 3.73. The van der Waals surface area contributed by atoms with Gasteiger partial charge in [-0.15, -0.1) is 0 Å². The van der Waals surface area contributed by atoms with Gasteiger partial charge in [-0.25, -0.2) is 15.0 Å². The molecule has 2 saturated heterocycles. The van der Waals surface area contributed by atoms with Crippen molar-refractivity contribution in [3.8, 4) is 0 Å². The van der Waals surface area contributed by atoms with Crippen LogP contribution in [0.2, 0.25) is 0 Å². The summed E-state index contributed by atoms with van der Waals surface area (Å²) in [5, 5.41) is 31.0. The SMILES string of the molecule is CCNC(=O)[C@H]1O[C@@H](n2cnc3c(NCC(c4ccccc4)c4ccccc4)nc(C(=O)NC4CCN(Cc5ccccc5)CC4)nc32)[C@H](O)[C@@H]1O. The second kappa shape index (κ2) is 16.0. The number of benzene rings is 3. The summed E-state index contributed by atoms with van der Waals surface area (Å²) < 4.78 is 7.35. The summed E-state index contributed by atoms with van der Waals surface area (Å²) in [7, 11) is 0. The highest BCUT2D eigenvalue weighted by Gasteiger charge is 2.47. The van der Waals surface area contributed by atoms with Crippen LogP contribution in [0.1, 0.15) is 59.2 Å². The second-order valence-electron chi connectivity index (χ2n) is 13.3. The van der Waals surface area contributed by atoms with E-state index < -0.39 is 36.4 Å². The van der Waals surface area contributed by atoms with Crippen molar-refractivity contribution in [3.05, 3.63) is 120 Å². The number of nitrogens with zero attached hydrogens (tertiary/aromatic N) is 5. The van der Waals surface area contributed by atoms with E-state index in [4.69, 9.17) is 9.72 Å². The zero-order valence-electron chi connectivity index (χ0n) is 29.0. The van der Waals surface area contributed by atoms with Crippen LogP contribution in [0.3, 0.4) is 0 Å². The van der Waals surface area contributed by atoms with Crippen LogP contribution in [-0.2, 0) is 16.1 Å². The Bertz CT molecular complexity index is 1910. The number of piperidine rings is 1. The summed E-state index contributed by atoms with van der Waals surface area (Å²) in [6, 6.07) is 30.5. The topological polar surface area (TPSA) is 167 Å². The molecule has 2 aliphatic rings. The number of hydrogen-bond acceptors (Lipinski definition) is 10. The lowest BCUT2D eigenvalue weighted by atomic mass is 9.91. The fraction of sp³-hybridized carbons (Fsp3) is 0.359. The van der Waals surface area contributed by atoms with Crippen LogP contribution in [0.25, 0.3) is 11.2 Å². The van der Waals surface area contributed by atoms with Crippen molar-refractivity contribution >= 4 is 28.8 Å². The molecule has 0 saturated carbocycles. The van der Waals surface area contributed by atoms with Gasteiger partial charge in [0.2, 0.25) is 5.82 Å². The number of amides is 2. The lowest BCUT2D eigenvalue weighted by Gasteiger charge is -2.32. The highest BCUT2D eigenvalue weighted by Crippen LogP contribution is 2.33. The predicted molar refractivity (Wildman–Crippen MR) is 195 cm³/mol. The number of imidazole rings is 1. The molecule has 0 bridgehead atoms. The van der Waals surface area contributed by atoms with Crippen LogP contribution in [0.15, 0.2) is 97.3 Å². The molecular formula is C39H44N8O5. The van der Waals surface area contributed by atoms with Crippen LogP contribution in [-0.4, -0.2) is 97.0 Å². The van der Waals surface area contributed by atoms with Crippen molar-refractivity contribution < 1.29 is 24.5 Å². The van der Waals surface area contributed by atoms with E-state index in [2.05, 4.69) is 67.2 Å². The fourth-order valence-electron chi connectivity index (χ4n) is 7.03. The molecule has 4 atom stereocenters. The van der Waals surface area contributed by atoms with E-state index in [1.165, 1.54) is 16.5 Å². The number of nitrogens with one attached hydrogen (secondary N) is 3. The Morgan fingerprint density at radius 3 is 2.15 bits per heavy atom. The third kappa shape index (κ3) is 7.67. The Hall–Kier alpha value is -5.21. The number of hydrogen-bond donors (Lipinski definition) is 5. The van der Waals surface area contributed by atoms with Crippen molar-refractivity contribution in [2.75, 3.05) is 31.5 Å². The van der Waals surface area contributed by atoms with E-state index in [1.807, 2.05) is 54.6 Å². The summed E-state index contributed by atoms with van der Waals surface area (Å²) >= 11 is 0. The first-order valence-electron chi connectivity index (χ1n) is 17.8. The smallest absolute Gasteiger partial charge is 0.289 e. The van der Waals surface area contributed by atoms with Gasteiger partial charge in [-0.1, -0.05) is 91.0 Å². The number of carbonyl (C=O) groups is 2. The first-order chi connectivity index (χ1) is 25.4. The van der Waals surface area contributed by atoms with E-state index >= 15 is 0 Å². The molecule has 0 aliphatic carbocycles. The Labute approximate surface area is 302 Å². The molecule has 2 aromatic heterocycles. The van der Waals surface area contributed by atoms with Crippen LogP contribution in [0, 0.1) is 0 Å². The largest absolute Gasteiger partial charge is 0.387 e. The zero-order chi connectivity index (χ0) is 36.0. The Balaban J connectivity index is 1.16. The number of likely N-dealkylation sites (N-methyl/N-ethyl adjacent to an activating group) is 1.